The first kappa shape index (κ1) is 27.0. The Bertz CT molecular complexity index is 255. The van der Waals surface area contributed by atoms with Gasteiger partial charge in [-0.05, 0) is 11.8 Å². The van der Waals surface area contributed by atoms with Gasteiger partial charge in [-0.2, -0.15) is 0 Å². The molecule has 164 valence electrons. The summed E-state index contributed by atoms with van der Waals surface area (Å²) >= 11 is 0. The fraction of sp³-hybridized carbons (Fsp3) is 1.00. The van der Waals surface area contributed by atoms with Crippen molar-refractivity contribution in [3.8, 4) is 0 Å². The third-order valence-electron chi connectivity index (χ3n) is 6.44. The minimum Gasteiger partial charge on any atom is -0.0654 e. The second-order valence-corrected chi connectivity index (χ2v) is 9.69. The lowest BCUT2D eigenvalue weighted by atomic mass is 9.91. The summed E-state index contributed by atoms with van der Waals surface area (Å²) in [6.45, 7) is 9.41. The van der Waals surface area contributed by atoms with Gasteiger partial charge in [0, 0.05) is 0 Å². The van der Waals surface area contributed by atoms with Crippen molar-refractivity contribution in [2.24, 2.45) is 11.8 Å². The first-order valence-corrected chi connectivity index (χ1v) is 13.2. The molecule has 0 spiro atoms. The van der Waals surface area contributed by atoms with Crippen molar-refractivity contribution in [3.05, 3.63) is 0 Å². The Kier molecular flexibility index (Phi) is 22.3. The van der Waals surface area contributed by atoms with Gasteiger partial charge in [0.1, 0.15) is 0 Å². The highest BCUT2D eigenvalue weighted by Gasteiger charge is 2.06. The van der Waals surface area contributed by atoms with Crippen LogP contribution in [0.1, 0.15) is 163 Å². The van der Waals surface area contributed by atoms with Crippen LogP contribution in [0.2, 0.25) is 0 Å². The summed E-state index contributed by atoms with van der Waals surface area (Å²) in [6, 6.07) is 0. The van der Waals surface area contributed by atoms with E-state index in [1.165, 1.54) is 135 Å². The molecule has 0 amide bonds. The summed E-state index contributed by atoms with van der Waals surface area (Å²) in [5, 5.41) is 0. The average Bonchev–Trinajstić information content (AvgIpc) is 2.66. The normalized spacial score (nSPS) is 12.8. The van der Waals surface area contributed by atoms with Crippen LogP contribution in [0, 0.1) is 11.8 Å². The average molecular weight is 381 g/mol. The Balaban J connectivity index is 3.19. The quantitative estimate of drug-likeness (QED) is 0.164. The van der Waals surface area contributed by atoms with E-state index in [-0.39, 0.29) is 0 Å². The molecule has 0 rings (SSSR count). The molecule has 0 saturated carbocycles. The van der Waals surface area contributed by atoms with Gasteiger partial charge in [-0.3, -0.25) is 0 Å². The zero-order valence-corrected chi connectivity index (χ0v) is 20.0. The molecule has 0 aromatic heterocycles. The Hall–Kier alpha value is 0. The summed E-state index contributed by atoms with van der Waals surface area (Å²) in [4.78, 5) is 0. The number of hydrogen-bond acceptors (Lipinski definition) is 0. The molecular formula is C27H56. The van der Waals surface area contributed by atoms with Gasteiger partial charge in [0.25, 0.3) is 0 Å². The summed E-state index contributed by atoms with van der Waals surface area (Å²) in [7, 11) is 0. The van der Waals surface area contributed by atoms with Gasteiger partial charge in [-0.15, -0.1) is 0 Å². The highest BCUT2D eigenvalue weighted by atomic mass is 14.1. The van der Waals surface area contributed by atoms with Crippen LogP contribution < -0.4 is 0 Å². The predicted molar refractivity (Wildman–Crippen MR) is 127 cm³/mol. The molecule has 0 heteroatoms. The first-order chi connectivity index (χ1) is 13.2. The fourth-order valence-corrected chi connectivity index (χ4v) is 4.35. The highest BCUT2D eigenvalue weighted by Crippen LogP contribution is 2.22. The van der Waals surface area contributed by atoms with Crippen molar-refractivity contribution >= 4 is 0 Å². The Morgan fingerprint density at radius 3 is 1.15 bits per heavy atom. The van der Waals surface area contributed by atoms with E-state index in [2.05, 4.69) is 27.7 Å². The van der Waals surface area contributed by atoms with Crippen LogP contribution in [0.4, 0.5) is 0 Å². The minimum atomic E-state index is 0.887. The standard InChI is InChI=1S/C27H56/c1-5-7-8-9-10-11-12-13-14-15-16-17-18-19-20-21-24-27(6-2)25-22-23-26(3)4/h26-27H,5-25H2,1-4H3. The molecule has 0 aromatic carbocycles. The van der Waals surface area contributed by atoms with Crippen molar-refractivity contribution in [1.29, 1.82) is 0 Å². The van der Waals surface area contributed by atoms with Crippen molar-refractivity contribution in [2.75, 3.05) is 0 Å². The molecule has 0 saturated heterocycles. The van der Waals surface area contributed by atoms with Gasteiger partial charge in [-0.25, -0.2) is 0 Å². The maximum atomic E-state index is 2.40. The lowest BCUT2D eigenvalue weighted by Crippen LogP contribution is -2.00. The molecule has 1 atom stereocenters. The molecule has 1 unspecified atom stereocenters. The Morgan fingerprint density at radius 1 is 0.407 bits per heavy atom. The van der Waals surface area contributed by atoms with E-state index >= 15 is 0 Å². The van der Waals surface area contributed by atoms with Crippen molar-refractivity contribution < 1.29 is 0 Å². The van der Waals surface area contributed by atoms with Crippen LogP contribution >= 0.6 is 0 Å². The first-order valence-electron chi connectivity index (χ1n) is 13.2. The molecule has 0 radical (unpaired) electrons. The van der Waals surface area contributed by atoms with Gasteiger partial charge in [0.15, 0.2) is 0 Å². The third kappa shape index (κ3) is 22.2. The molecule has 0 aliphatic heterocycles. The second-order valence-electron chi connectivity index (χ2n) is 9.69. The van der Waals surface area contributed by atoms with Crippen LogP contribution in [-0.4, -0.2) is 0 Å². The molecule has 0 bridgehead atoms. The molecule has 0 aliphatic carbocycles. The van der Waals surface area contributed by atoms with Crippen LogP contribution in [0.25, 0.3) is 0 Å². The van der Waals surface area contributed by atoms with Gasteiger partial charge in [0.05, 0.1) is 0 Å². The van der Waals surface area contributed by atoms with Gasteiger partial charge in [0.2, 0.25) is 0 Å². The lowest BCUT2D eigenvalue weighted by molar-refractivity contribution is 0.383. The maximum absolute atomic E-state index is 2.40. The van der Waals surface area contributed by atoms with Crippen LogP contribution in [-0.2, 0) is 0 Å². The summed E-state index contributed by atoms with van der Waals surface area (Å²) in [5.74, 6) is 1.90. The largest absolute Gasteiger partial charge is 0.0654 e. The number of rotatable bonds is 22. The van der Waals surface area contributed by atoms with Gasteiger partial charge < -0.3 is 0 Å². The zero-order chi connectivity index (χ0) is 20.0. The fourth-order valence-electron chi connectivity index (χ4n) is 4.35. The van der Waals surface area contributed by atoms with Crippen molar-refractivity contribution in [3.63, 3.8) is 0 Å². The van der Waals surface area contributed by atoms with E-state index in [0.29, 0.717) is 0 Å². The minimum absolute atomic E-state index is 0.887. The van der Waals surface area contributed by atoms with Crippen molar-refractivity contribution in [1.82, 2.24) is 0 Å². The molecule has 0 heterocycles. The third-order valence-corrected chi connectivity index (χ3v) is 6.44. The van der Waals surface area contributed by atoms with Crippen LogP contribution in [0.15, 0.2) is 0 Å². The lowest BCUT2D eigenvalue weighted by Gasteiger charge is -2.15. The zero-order valence-electron chi connectivity index (χ0n) is 20.0. The van der Waals surface area contributed by atoms with E-state index < -0.39 is 0 Å². The van der Waals surface area contributed by atoms with E-state index in [9.17, 15) is 0 Å². The Morgan fingerprint density at radius 2 is 0.778 bits per heavy atom. The van der Waals surface area contributed by atoms with Gasteiger partial charge >= 0.3 is 0 Å². The SMILES string of the molecule is CCCCCCCCCCCCCCCCCCC(CC)CCCC(C)C. The van der Waals surface area contributed by atoms with Gasteiger partial charge in [-0.1, -0.05) is 163 Å². The molecule has 0 aromatic rings. The van der Waals surface area contributed by atoms with Crippen LogP contribution in [0.5, 0.6) is 0 Å². The number of unbranched alkanes of at least 4 members (excludes halogenated alkanes) is 15. The maximum Gasteiger partial charge on any atom is -0.0417 e. The van der Waals surface area contributed by atoms with Crippen LogP contribution in [0.3, 0.4) is 0 Å². The summed E-state index contributed by atoms with van der Waals surface area (Å²) in [5.41, 5.74) is 0. The summed E-state index contributed by atoms with van der Waals surface area (Å²) < 4.78 is 0. The summed E-state index contributed by atoms with van der Waals surface area (Å²) in [6.07, 6.45) is 30.9. The molecule has 0 aliphatic rings. The van der Waals surface area contributed by atoms with E-state index in [0.717, 1.165) is 11.8 Å². The molecule has 27 heavy (non-hydrogen) atoms. The molecule has 0 fully saturated rings. The molecular weight excluding hydrogens is 324 g/mol. The topological polar surface area (TPSA) is 0 Å². The molecule has 0 nitrogen and oxygen atoms in total. The van der Waals surface area contributed by atoms with E-state index in [1.807, 2.05) is 0 Å². The van der Waals surface area contributed by atoms with E-state index in [4.69, 9.17) is 0 Å². The van der Waals surface area contributed by atoms with Crippen molar-refractivity contribution in [2.45, 2.75) is 163 Å². The second kappa shape index (κ2) is 22.3. The predicted octanol–water partition coefficient (Wildman–Crippen LogP) is 10.5. The Labute approximate surface area is 174 Å². The highest BCUT2D eigenvalue weighted by molar-refractivity contribution is 4.60. The smallest absolute Gasteiger partial charge is 0.0417 e. The van der Waals surface area contributed by atoms with E-state index in [1.54, 1.807) is 0 Å². The number of hydrogen-bond donors (Lipinski definition) is 0. The monoisotopic (exact) mass is 380 g/mol. The molecule has 0 N–H and O–H groups in total.